The molecule has 0 saturated heterocycles. The Balaban J connectivity index is 4.31. The van der Waals surface area contributed by atoms with Gasteiger partial charge in [-0.25, -0.2) is 0 Å². The molecule has 0 aromatic carbocycles. The number of esters is 3. The fraction of sp³-hybridized carbons (Fsp3) is 0.946. The molecule has 0 saturated carbocycles. The van der Waals surface area contributed by atoms with Crippen LogP contribution in [-0.4, -0.2) is 37.2 Å². The number of hydrogen-bond donors (Lipinski definition) is 0. The molecule has 6 nitrogen and oxygen atoms in total. The first-order valence-corrected chi connectivity index (χ1v) is 27.9. The summed E-state index contributed by atoms with van der Waals surface area (Å²) in [6, 6.07) is 0. The van der Waals surface area contributed by atoms with Crippen LogP contribution in [0.25, 0.3) is 0 Å². The molecule has 0 aliphatic heterocycles. The first-order chi connectivity index (χ1) is 30.4. The lowest BCUT2D eigenvalue weighted by atomic mass is 9.99. The average Bonchev–Trinajstić information content (AvgIpc) is 3.27. The molecule has 0 heterocycles. The smallest absolute Gasteiger partial charge is 0.306 e. The van der Waals surface area contributed by atoms with Gasteiger partial charge in [-0.1, -0.05) is 278 Å². The van der Waals surface area contributed by atoms with Gasteiger partial charge in [0.15, 0.2) is 6.10 Å². The van der Waals surface area contributed by atoms with Crippen LogP contribution in [-0.2, 0) is 28.6 Å². The van der Waals surface area contributed by atoms with Crippen molar-refractivity contribution >= 4 is 17.9 Å². The van der Waals surface area contributed by atoms with E-state index in [1.54, 1.807) is 0 Å². The molecule has 368 valence electrons. The fourth-order valence-corrected chi connectivity index (χ4v) is 8.54. The first kappa shape index (κ1) is 60.4. The van der Waals surface area contributed by atoms with Crippen molar-refractivity contribution in [3.8, 4) is 0 Å². The molecule has 0 bridgehead atoms. The van der Waals surface area contributed by atoms with Crippen molar-refractivity contribution in [2.24, 2.45) is 5.92 Å². The van der Waals surface area contributed by atoms with E-state index >= 15 is 0 Å². The van der Waals surface area contributed by atoms with Crippen LogP contribution >= 0.6 is 0 Å². The largest absolute Gasteiger partial charge is 0.462 e. The highest BCUT2D eigenvalue weighted by atomic mass is 16.6. The van der Waals surface area contributed by atoms with E-state index in [-0.39, 0.29) is 31.1 Å². The maximum Gasteiger partial charge on any atom is 0.306 e. The molecule has 6 heteroatoms. The Morgan fingerprint density at radius 2 is 0.565 bits per heavy atom. The number of rotatable bonds is 51. The van der Waals surface area contributed by atoms with Gasteiger partial charge in [-0.2, -0.15) is 0 Å². The predicted octanol–water partition coefficient (Wildman–Crippen LogP) is 18.2. The summed E-state index contributed by atoms with van der Waals surface area (Å²) in [5, 5.41) is 0. The van der Waals surface area contributed by atoms with Gasteiger partial charge in [-0.3, -0.25) is 14.4 Å². The van der Waals surface area contributed by atoms with E-state index in [0.29, 0.717) is 19.3 Å². The Hall–Kier alpha value is -1.59. The van der Waals surface area contributed by atoms with Gasteiger partial charge in [0.2, 0.25) is 0 Å². The number of carbonyl (C=O) groups excluding carboxylic acids is 3. The molecule has 0 rings (SSSR count). The zero-order chi connectivity index (χ0) is 45.2. The first-order valence-electron chi connectivity index (χ1n) is 27.9. The van der Waals surface area contributed by atoms with E-state index in [1.165, 1.54) is 212 Å². The zero-order valence-electron chi connectivity index (χ0n) is 42.3. The SMILES string of the molecule is CCCCCCCCCCCCCCCCCCC(=O)O[C@H](COC(=O)CCCCCCCCCCCCCCCC)COC(=O)CCCCCCCCCCCCC(C)CC. The molecular weight excluding hydrogens is 769 g/mol. The van der Waals surface area contributed by atoms with Gasteiger partial charge in [0, 0.05) is 19.3 Å². The van der Waals surface area contributed by atoms with E-state index in [2.05, 4.69) is 27.7 Å². The van der Waals surface area contributed by atoms with Crippen molar-refractivity contribution in [2.75, 3.05) is 13.2 Å². The van der Waals surface area contributed by atoms with Crippen LogP contribution in [0.4, 0.5) is 0 Å². The molecule has 0 aromatic heterocycles. The molecule has 1 unspecified atom stereocenters. The van der Waals surface area contributed by atoms with Crippen molar-refractivity contribution in [3.05, 3.63) is 0 Å². The molecular formula is C56H108O6. The van der Waals surface area contributed by atoms with Gasteiger partial charge in [0.25, 0.3) is 0 Å². The summed E-state index contributed by atoms with van der Waals surface area (Å²) in [6.07, 6.45) is 53.6. The van der Waals surface area contributed by atoms with Crippen LogP contribution in [0.2, 0.25) is 0 Å². The van der Waals surface area contributed by atoms with Crippen molar-refractivity contribution in [3.63, 3.8) is 0 Å². The number of unbranched alkanes of at least 4 members (excludes halogenated alkanes) is 37. The van der Waals surface area contributed by atoms with E-state index in [0.717, 1.165) is 63.7 Å². The zero-order valence-corrected chi connectivity index (χ0v) is 42.3. The Labute approximate surface area is 387 Å². The molecule has 0 radical (unpaired) electrons. The van der Waals surface area contributed by atoms with Crippen LogP contribution in [0.3, 0.4) is 0 Å². The summed E-state index contributed by atoms with van der Waals surface area (Å²) >= 11 is 0. The molecule has 0 spiro atoms. The topological polar surface area (TPSA) is 78.9 Å². The molecule has 0 aromatic rings. The van der Waals surface area contributed by atoms with Gasteiger partial charge in [0.1, 0.15) is 13.2 Å². The molecule has 0 aliphatic carbocycles. The van der Waals surface area contributed by atoms with E-state index in [4.69, 9.17) is 14.2 Å². The Bertz CT molecular complexity index is 935. The van der Waals surface area contributed by atoms with E-state index < -0.39 is 6.10 Å². The third-order valence-electron chi connectivity index (χ3n) is 13.2. The molecule has 2 atom stereocenters. The highest BCUT2D eigenvalue weighted by Gasteiger charge is 2.19. The highest BCUT2D eigenvalue weighted by Crippen LogP contribution is 2.18. The highest BCUT2D eigenvalue weighted by molar-refractivity contribution is 5.71. The molecule has 0 fully saturated rings. The minimum absolute atomic E-state index is 0.0622. The Morgan fingerprint density at radius 3 is 0.839 bits per heavy atom. The number of carbonyl (C=O) groups is 3. The van der Waals surface area contributed by atoms with Crippen LogP contribution in [0.5, 0.6) is 0 Å². The maximum atomic E-state index is 12.8. The quantitative estimate of drug-likeness (QED) is 0.0344. The lowest BCUT2D eigenvalue weighted by Gasteiger charge is -2.18. The Kier molecular flexibility index (Phi) is 49.1. The van der Waals surface area contributed by atoms with Crippen LogP contribution in [0.15, 0.2) is 0 Å². The van der Waals surface area contributed by atoms with Crippen LogP contribution in [0, 0.1) is 5.92 Å². The summed E-state index contributed by atoms with van der Waals surface area (Å²) in [6.45, 7) is 9.07. The van der Waals surface area contributed by atoms with E-state index in [9.17, 15) is 14.4 Å². The fourth-order valence-electron chi connectivity index (χ4n) is 8.54. The normalized spacial score (nSPS) is 12.4. The van der Waals surface area contributed by atoms with Gasteiger partial charge in [-0.15, -0.1) is 0 Å². The third kappa shape index (κ3) is 47.9. The summed E-state index contributed by atoms with van der Waals surface area (Å²) < 4.78 is 16.9. The van der Waals surface area contributed by atoms with Crippen LogP contribution in [0.1, 0.15) is 317 Å². The summed E-state index contributed by atoms with van der Waals surface area (Å²) in [4.78, 5) is 38.1. The van der Waals surface area contributed by atoms with Crippen molar-refractivity contribution in [2.45, 2.75) is 323 Å². The van der Waals surface area contributed by atoms with Crippen molar-refractivity contribution in [1.82, 2.24) is 0 Å². The second-order valence-corrected chi connectivity index (χ2v) is 19.5. The second-order valence-electron chi connectivity index (χ2n) is 19.5. The maximum absolute atomic E-state index is 12.8. The molecule has 62 heavy (non-hydrogen) atoms. The molecule has 0 N–H and O–H groups in total. The summed E-state index contributed by atoms with van der Waals surface area (Å²) in [5.74, 6) is 0.0314. The number of ether oxygens (including phenoxy) is 3. The summed E-state index contributed by atoms with van der Waals surface area (Å²) in [7, 11) is 0. The van der Waals surface area contributed by atoms with Gasteiger partial charge in [-0.05, 0) is 25.2 Å². The third-order valence-corrected chi connectivity index (χ3v) is 13.2. The predicted molar refractivity (Wildman–Crippen MR) is 266 cm³/mol. The van der Waals surface area contributed by atoms with Gasteiger partial charge >= 0.3 is 17.9 Å². The minimum atomic E-state index is -0.761. The standard InChI is InChI=1S/C56H108O6/c1-5-8-10-12-14-16-18-20-22-23-25-27-33-37-41-45-49-56(59)62-53(50-60-54(57)47-43-39-35-31-26-24-21-19-17-15-13-11-9-6-2)51-61-55(58)48-44-40-36-32-29-28-30-34-38-42-46-52(4)7-3/h52-53H,5-51H2,1-4H3/t52?,53-/m1/s1. The molecule has 0 amide bonds. The second kappa shape index (κ2) is 50.4. The summed E-state index contributed by atoms with van der Waals surface area (Å²) in [5.41, 5.74) is 0. The van der Waals surface area contributed by atoms with E-state index in [1.807, 2.05) is 0 Å². The minimum Gasteiger partial charge on any atom is -0.462 e. The van der Waals surface area contributed by atoms with Gasteiger partial charge < -0.3 is 14.2 Å². The number of hydrogen-bond acceptors (Lipinski definition) is 6. The lowest BCUT2D eigenvalue weighted by Crippen LogP contribution is -2.30. The van der Waals surface area contributed by atoms with Crippen LogP contribution < -0.4 is 0 Å². The van der Waals surface area contributed by atoms with Gasteiger partial charge in [0.05, 0.1) is 0 Å². The monoisotopic (exact) mass is 877 g/mol. The van der Waals surface area contributed by atoms with Crippen molar-refractivity contribution in [1.29, 1.82) is 0 Å². The molecule has 0 aliphatic rings. The average molecular weight is 877 g/mol. The lowest BCUT2D eigenvalue weighted by molar-refractivity contribution is -0.167. The Morgan fingerprint density at radius 1 is 0.323 bits per heavy atom. The van der Waals surface area contributed by atoms with Crippen molar-refractivity contribution < 1.29 is 28.6 Å².